The third kappa shape index (κ3) is 3.21. The van der Waals surface area contributed by atoms with Gasteiger partial charge in [-0.25, -0.2) is 4.39 Å². The van der Waals surface area contributed by atoms with Crippen molar-refractivity contribution < 1.29 is 9.18 Å². The van der Waals surface area contributed by atoms with E-state index in [2.05, 4.69) is 15.5 Å². The molecule has 1 aliphatic heterocycles. The first-order valence-corrected chi connectivity index (χ1v) is 9.09. The molecule has 0 saturated heterocycles. The van der Waals surface area contributed by atoms with Crippen LogP contribution < -0.4 is 10.9 Å². The summed E-state index contributed by atoms with van der Waals surface area (Å²) in [5, 5.41) is 11.1. The Kier molecular flexibility index (Phi) is 4.54. The third-order valence-corrected chi connectivity index (χ3v) is 5.11. The molecular formula is C20H20FN5O2. The number of carbonyl (C=O) groups is 1. The molecule has 1 atom stereocenters. The first kappa shape index (κ1) is 18.1. The fourth-order valence-electron chi connectivity index (χ4n) is 3.56. The van der Waals surface area contributed by atoms with Gasteiger partial charge in [0.1, 0.15) is 23.0 Å². The van der Waals surface area contributed by atoms with Crippen molar-refractivity contribution in [3.63, 3.8) is 0 Å². The monoisotopic (exact) mass is 381 g/mol. The van der Waals surface area contributed by atoms with Crippen LogP contribution in [0, 0.1) is 25.6 Å². The molecule has 0 bridgehead atoms. The second-order valence-electron chi connectivity index (χ2n) is 7.08. The molecule has 1 aliphatic rings. The normalized spacial score (nSPS) is 15.5. The smallest absolute Gasteiger partial charge is 0.268 e. The van der Waals surface area contributed by atoms with Gasteiger partial charge in [0.05, 0.1) is 0 Å². The van der Waals surface area contributed by atoms with Crippen LogP contribution in [-0.4, -0.2) is 31.8 Å². The van der Waals surface area contributed by atoms with Gasteiger partial charge in [-0.15, -0.1) is 10.2 Å². The highest BCUT2D eigenvalue weighted by Crippen LogP contribution is 2.19. The Balaban J connectivity index is 1.52. The molecule has 1 aromatic carbocycles. The molecule has 3 heterocycles. The summed E-state index contributed by atoms with van der Waals surface area (Å²) in [5.74, 6) is 1.22. The highest BCUT2D eigenvalue weighted by molar-refractivity contribution is 5.95. The maximum absolute atomic E-state index is 13.2. The number of rotatable bonds is 4. The maximum atomic E-state index is 13.2. The van der Waals surface area contributed by atoms with Gasteiger partial charge in [-0.3, -0.25) is 14.2 Å². The maximum Gasteiger partial charge on any atom is 0.268 e. The highest BCUT2D eigenvalue weighted by Gasteiger charge is 2.26. The van der Waals surface area contributed by atoms with Gasteiger partial charge in [-0.2, -0.15) is 0 Å². The van der Waals surface area contributed by atoms with Crippen LogP contribution in [0.4, 0.5) is 4.39 Å². The van der Waals surface area contributed by atoms with Gasteiger partial charge in [-0.05, 0) is 49.7 Å². The molecule has 3 aromatic rings. The van der Waals surface area contributed by atoms with Crippen molar-refractivity contribution >= 4 is 5.91 Å². The fraction of sp³-hybridized carbons (Fsp3) is 0.300. The number of nitrogens with one attached hydrogen (secondary N) is 1. The number of benzene rings is 1. The number of carbonyl (C=O) groups excluding carboxylic acids is 1. The average Bonchev–Trinajstić information content (AvgIpc) is 3.23. The van der Waals surface area contributed by atoms with E-state index in [0.29, 0.717) is 17.8 Å². The van der Waals surface area contributed by atoms with E-state index in [9.17, 15) is 14.0 Å². The summed E-state index contributed by atoms with van der Waals surface area (Å²) in [6.45, 7) is 4.84. The molecule has 2 aromatic heterocycles. The van der Waals surface area contributed by atoms with E-state index in [-0.39, 0.29) is 17.3 Å². The van der Waals surface area contributed by atoms with E-state index in [1.165, 1.54) is 28.8 Å². The van der Waals surface area contributed by atoms with Crippen LogP contribution in [0.15, 0.2) is 41.3 Å². The zero-order valence-corrected chi connectivity index (χ0v) is 15.6. The lowest BCUT2D eigenvalue weighted by atomic mass is 10.1. The number of nitrogens with zero attached hydrogens (tertiary/aromatic N) is 4. The Bertz CT molecular complexity index is 1100. The summed E-state index contributed by atoms with van der Waals surface area (Å²) in [5.41, 5.74) is 0.772. The SMILES string of the molecule is Cc1ccn(-c2ccc(F)cc2)c(=O)c1C(=O)NCC1Cc2nnc(C)n2C1. The first-order chi connectivity index (χ1) is 13.4. The molecule has 1 unspecified atom stereocenters. The van der Waals surface area contributed by atoms with Gasteiger partial charge in [0.25, 0.3) is 11.5 Å². The van der Waals surface area contributed by atoms with Crippen LogP contribution >= 0.6 is 0 Å². The summed E-state index contributed by atoms with van der Waals surface area (Å²) in [6, 6.07) is 7.28. The quantitative estimate of drug-likeness (QED) is 0.747. The molecule has 1 amide bonds. The first-order valence-electron chi connectivity index (χ1n) is 9.09. The van der Waals surface area contributed by atoms with Crippen LogP contribution in [0.5, 0.6) is 0 Å². The van der Waals surface area contributed by atoms with Gasteiger partial charge in [0.15, 0.2) is 0 Å². The number of hydrogen-bond acceptors (Lipinski definition) is 4. The van der Waals surface area contributed by atoms with Gasteiger partial charge in [0.2, 0.25) is 0 Å². The molecule has 0 radical (unpaired) electrons. The molecule has 0 aliphatic carbocycles. The van der Waals surface area contributed by atoms with Gasteiger partial charge in [-0.1, -0.05) is 0 Å². The Hall–Kier alpha value is -3.29. The van der Waals surface area contributed by atoms with E-state index in [1.54, 1.807) is 19.2 Å². The number of pyridine rings is 1. The zero-order valence-electron chi connectivity index (χ0n) is 15.6. The molecule has 7 nitrogen and oxygen atoms in total. The van der Waals surface area contributed by atoms with Crippen molar-refractivity contribution in [1.29, 1.82) is 0 Å². The fourth-order valence-corrected chi connectivity index (χ4v) is 3.56. The minimum atomic E-state index is -0.427. The van der Waals surface area contributed by atoms with Crippen LogP contribution in [0.2, 0.25) is 0 Å². The highest BCUT2D eigenvalue weighted by atomic mass is 19.1. The number of aromatic nitrogens is 4. The van der Waals surface area contributed by atoms with Crippen molar-refractivity contribution in [3.05, 3.63) is 75.5 Å². The lowest BCUT2D eigenvalue weighted by Gasteiger charge is -2.13. The molecule has 0 saturated carbocycles. The second-order valence-corrected chi connectivity index (χ2v) is 7.08. The number of amides is 1. The van der Waals surface area contributed by atoms with E-state index in [4.69, 9.17) is 0 Å². The van der Waals surface area contributed by atoms with E-state index in [0.717, 1.165) is 24.6 Å². The minimum Gasteiger partial charge on any atom is -0.351 e. The Morgan fingerprint density at radius 2 is 1.96 bits per heavy atom. The van der Waals surface area contributed by atoms with Crippen molar-refractivity contribution in [1.82, 2.24) is 24.6 Å². The predicted octanol–water partition coefficient (Wildman–Crippen LogP) is 1.79. The number of hydrogen-bond donors (Lipinski definition) is 1. The van der Waals surface area contributed by atoms with Crippen molar-refractivity contribution in [2.24, 2.45) is 5.92 Å². The summed E-state index contributed by atoms with van der Waals surface area (Å²) < 4.78 is 16.6. The largest absolute Gasteiger partial charge is 0.351 e. The second kappa shape index (κ2) is 7.03. The molecule has 144 valence electrons. The van der Waals surface area contributed by atoms with Crippen LogP contribution in [0.25, 0.3) is 5.69 Å². The van der Waals surface area contributed by atoms with Crippen LogP contribution in [0.3, 0.4) is 0 Å². The summed E-state index contributed by atoms with van der Waals surface area (Å²) >= 11 is 0. The third-order valence-electron chi connectivity index (χ3n) is 5.11. The predicted molar refractivity (Wildman–Crippen MR) is 101 cm³/mol. The average molecular weight is 381 g/mol. The van der Waals surface area contributed by atoms with E-state index in [1.807, 2.05) is 11.5 Å². The number of halogens is 1. The van der Waals surface area contributed by atoms with Crippen molar-refractivity contribution in [2.75, 3.05) is 6.54 Å². The van der Waals surface area contributed by atoms with Gasteiger partial charge >= 0.3 is 0 Å². The minimum absolute atomic E-state index is 0.0976. The van der Waals surface area contributed by atoms with E-state index < -0.39 is 11.5 Å². The Morgan fingerprint density at radius 1 is 1.21 bits per heavy atom. The van der Waals surface area contributed by atoms with Crippen molar-refractivity contribution in [3.8, 4) is 5.69 Å². The van der Waals surface area contributed by atoms with Gasteiger partial charge < -0.3 is 9.88 Å². The molecule has 28 heavy (non-hydrogen) atoms. The number of aryl methyl sites for hydroxylation is 2. The molecular weight excluding hydrogens is 361 g/mol. The van der Waals surface area contributed by atoms with Crippen LogP contribution in [-0.2, 0) is 13.0 Å². The standard InChI is InChI=1S/C20H20FN5O2/c1-12-7-8-25(16-5-3-15(21)4-6-16)20(28)18(12)19(27)22-10-14-9-17-24-23-13(2)26(17)11-14/h3-8,14H,9-11H2,1-2H3,(H,22,27). The van der Waals surface area contributed by atoms with Crippen LogP contribution in [0.1, 0.15) is 27.6 Å². The summed E-state index contributed by atoms with van der Waals surface area (Å²) in [4.78, 5) is 25.6. The molecule has 8 heteroatoms. The number of fused-ring (bicyclic) bond motifs is 1. The molecule has 1 N–H and O–H groups in total. The molecule has 4 rings (SSSR count). The zero-order chi connectivity index (χ0) is 19.8. The summed E-state index contributed by atoms with van der Waals surface area (Å²) in [7, 11) is 0. The summed E-state index contributed by atoms with van der Waals surface area (Å²) in [6.07, 6.45) is 2.34. The van der Waals surface area contributed by atoms with Gasteiger partial charge in [0, 0.05) is 37.3 Å². The van der Waals surface area contributed by atoms with E-state index >= 15 is 0 Å². The molecule has 0 fully saturated rings. The Morgan fingerprint density at radius 3 is 2.68 bits per heavy atom. The molecule has 0 spiro atoms. The van der Waals surface area contributed by atoms with Crippen molar-refractivity contribution in [2.45, 2.75) is 26.8 Å². The lowest BCUT2D eigenvalue weighted by Crippen LogP contribution is -2.36. The topological polar surface area (TPSA) is 81.8 Å². The lowest BCUT2D eigenvalue weighted by molar-refractivity contribution is 0.0944. The Labute approximate surface area is 160 Å².